The number of hydrogen-bond acceptors (Lipinski definition) is 2. The summed E-state index contributed by atoms with van der Waals surface area (Å²) < 4.78 is 33.9. The van der Waals surface area contributed by atoms with Gasteiger partial charge in [0.2, 0.25) is 0 Å². The summed E-state index contributed by atoms with van der Waals surface area (Å²) in [5.41, 5.74) is 0.636. The van der Waals surface area contributed by atoms with Crippen molar-refractivity contribution in [2.75, 3.05) is 13.7 Å². The Morgan fingerprint density at radius 2 is 2.18 bits per heavy atom. The van der Waals surface area contributed by atoms with Gasteiger partial charge < -0.3 is 14.3 Å². The molecule has 1 heterocycles. The van der Waals surface area contributed by atoms with Crippen LogP contribution in [0.15, 0.2) is 12.1 Å². The van der Waals surface area contributed by atoms with Crippen LogP contribution in [0.25, 0.3) is 11.0 Å². The lowest BCUT2D eigenvalue weighted by Crippen LogP contribution is -2.12. The molecule has 0 bridgehead atoms. The second-order valence-corrected chi connectivity index (χ2v) is 4.25. The number of halogens is 2. The highest BCUT2D eigenvalue weighted by molar-refractivity contribution is 7.71. The number of nitrogens with one attached hydrogen (secondary N) is 1. The van der Waals surface area contributed by atoms with Crippen LogP contribution >= 0.6 is 12.2 Å². The standard InChI is InChI=1S/C11H12F2N2OS/c1-6(5-16-2)15-10-8(14-11(15)17)4-3-7(12)9(10)13/h3-4,6H,5H2,1-2H3,(H,14,17). The zero-order valence-electron chi connectivity index (χ0n) is 9.46. The third-order valence-electron chi connectivity index (χ3n) is 2.62. The summed E-state index contributed by atoms with van der Waals surface area (Å²) in [6.45, 7) is 2.20. The maximum Gasteiger partial charge on any atom is 0.184 e. The number of rotatable bonds is 3. The number of methoxy groups -OCH3 is 1. The molecular weight excluding hydrogens is 246 g/mol. The number of ether oxygens (including phenoxy) is 1. The third kappa shape index (κ3) is 1.98. The van der Waals surface area contributed by atoms with E-state index in [9.17, 15) is 8.78 Å². The Balaban J connectivity index is 2.73. The molecule has 2 aromatic rings. The molecule has 1 atom stereocenters. The molecule has 1 N–H and O–H groups in total. The molecule has 0 aliphatic heterocycles. The Bertz CT molecular complexity index is 605. The van der Waals surface area contributed by atoms with Crippen LogP contribution in [0.5, 0.6) is 0 Å². The van der Waals surface area contributed by atoms with E-state index in [1.807, 2.05) is 6.92 Å². The highest BCUT2D eigenvalue weighted by atomic mass is 32.1. The molecule has 1 aromatic carbocycles. The Labute approximate surface area is 102 Å². The molecule has 0 spiro atoms. The van der Waals surface area contributed by atoms with Gasteiger partial charge in [-0.25, -0.2) is 8.78 Å². The van der Waals surface area contributed by atoms with Gasteiger partial charge >= 0.3 is 0 Å². The predicted molar refractivity (Wildman–Crippen MR) is 63.6 cm³/mol. The highest BCUT2D eigenvalue weighted by Gasteiger charge is 2.17. The number of fused-ring (bicyclic) bond motifs is 1. The van der Waals surface area contributed by atoms with Gasteiger partial charge in [-0.3, -0.25) is 0 Å². The first-order valence-corrected chi connectivity index (χ1v) is 5.54. The van der Waals surface area contributed by atoms with Crippen molar-refractivity contribution in [1.82, 2.24) is 9.55 Å². The minimum absolute atomic E-state index is 0.152. The SMILES string of the molecule is COCC(C)n1c(=S)[nH]c2ccc(F)c(F)c21. The van der Waals surface area contributed by atoms with E-state index < -0.39 is 11.6 Å². The molecule has 17 heavy (non-hydrogen) atoms. The minimum Gasteiger partial charge on any atom is -0.383 e. The molecule has 6 heteroatoms. The Morgan fingerprint density at radius 3 is 2.82 bits per heavy atom. The van der Waals surface area contributed by atoms with Gasteiger partial charge in [0, 0.05) is 7.11 Å². The molecule has 0 saturated heterocycles. The average molecular weight is 258 g/mol. The Hall–Kier alpha value is -1.27. The summed E-state index contributed by atoms with van der Waals surface area (Å²) >= 11 is 5.11. The predicted octanol–water partition coefficient (Wildman–Crippen LogP) is 3.18. The van der Waals surface area contributed by atoms with Crippen LogP contribution in [-0.4, -0.2) is 23.3 Å². The summed E-state index contributed by atoms with van der Waals surface area (Å²) in [7, 11) is 1.55. The number of aromatic nitrogens is 2. The van der Waals surface area contributed by atoms with E-state index in [1.165, 1.54) is 10.6 Å². The summed E-state index contributed by atoms with van der Waals surface area (Å²) in [5, 5.41) is 0. The summed E-state index contributed by atoms with van der Waals surface area (Å²) in [4.78, 5) is 2.85. The van der Waals surface area contributed by atoms with E-state index in [4.69, 9.17) is 17.0 Å². The molecule has 92 valence electrons. The van der Waals surface area contributed by atoms with Crippen LogP contribution in [0.4, 0.5) is 8.78 Å². The lowest BCUT2D eigenvalue weighted by Gasteiger charge is -2.13. The number of H-pyrrole nitrogens is 1. The average Bonchev–Trinajstić information content (AvgIpc) is 2.61. The van der Waals surface area contributed by atoms with Crippen LogP contribution in [0, 0.1) is 16.4 Å². The second-order valence-electron chi connectivity index (χ2n) is 3.86. The maximum absolute atomic E-state index is 13.8. The fraction of sp³-hybridized carbons (Fsp3) is 0.364. The lowest BCUT2D eigenvalue weighted by molar-refractivity contribution is 0.163. The van der Waals surface area contributed by atoms with Crippen LogP contribution < -0.4 is 0 Å². The molecule has 0 amide bonds. The zero-order valence-corrected chi connectivity index (χ0v) is 10.3. The molecular formula is C11H12F2N2OS. The molecule has 0 fully saturated rings. The van der Waals surface area contributed by atoms with Crippen molar-refractivity contribution in [3.63, 3.8) is 0 Å². The third-order valence-corrected chi connectivity index (χ3v) is 2.92. The van der Waals surface area contributed by atoms with Gasteiger partial charge in [0.25, 0.3) is 0 Å². The number of hydrogen-bond donors (Lipinski definition) is 1. The zero-order chi connectivity index (χ0) is 12.6. The van der Waals surface area contributed by atoms with Gasteiger partial charge in [0.05, 0.1) is 18.2 Å². The number of nitrogens with zero attached hydrogens (tertiary/aromatic N) is 1. The van der Waals surface area contributed by atoms with Crippen molar-refractivity contribution in [3.05, 3.63) is 28.5 Å². The number of imidazole rings is 1. The summed E-state index contributed by atoms with van der Waals surface area (Å²) in [5.74, 6) is -1.78. The number of benzene rings is 1. The first-order valence-electron chi connectivity index (χ1n) is 5.13. The summed E-state index contributed by atoms with van der Waals surface area (Å²) in [6, 6.07) is 2.38. The topological polar surface area (TPSA) is 29.9 Å². The lowest BCUT2D eigenvalue weighted by atomic mass is 10.2. The van der Waals surface area contributed by atoms with Gasteiger partial charge in [-0.2, -0.15) is 0 Å². The molecule has 0 saturated carbocycles. The van der Waals surface area contributed by atoms with Crippen molar-refractivity contribution >= 4 is 23.3 Å². The van der Waals surface area contributed by atoms with Crippen LogP contribution in [-0.2, 0) is 4.74 Å². The number of aromatic amines is 1. The second kappa shape index (κ2) is 4.54. The van der Waals surface area contributed by atoms with Crippen molar-refractivity contribution in [1.29, 1.82) is 0 Å². The quantitative estimate of drug-likeness (QED) is 0.857. The first kappa shape index (κ1) is 12.2. The van der Waals surface area contributed by atoms with Crippen LogP contribution in [0.2, 0.25) is 0 Å². The monoisotopic (exact) mass is 258 g/mol. The van der Waals surface area contributed by atoms with Crippen molar-refractivity contribution in [2.45, 2.75) is 13.0 Å². The maximum atomic E-state index is 13.8. The molecule has 3 nitrogen and oxygen atoms in total. The van der Waals surface area contributed by atoms with Gasteiger partial charge in [-0.15, -0.1) is 0 Å². The van der Waals surface area contributed by atoms with E-state index in [1.54, 1.807) is 7.11 Å². The molecule has 2 rings (SSSR count). The van der Waals surface area contributed by atoms with Gasteiger partial charge in [0.15, 0.2) is 16.4 Å². The van der Waals surface area contributed by atoms with E-state index >= 15 is 0 Å². The molecule has 0 radical (unpaired) electrons. The highest BCUT2D eigenvalue weighted by Crippen LogP contribution is 2.23. The van der Waals surface area contributed by atoms with Crippen molar-refractivity contribution in [2.24, 2.45) is 0 Å². The van der Waals surface area contributed by atoms with E-state index in [2.05, 4.69) is 4.98 Å². The Morgan fingerprint density at radius 1 is 1.47 bits per heavy atom. The van der Waals surface area contributed by atoms with Gasteiger partial charge in [-0.1, -0.05) is 0 Å². The fourth-order valence-corrected chi connectivity index (χ4v) is 2.27. The molecule has 0 aliphatic carbocycles. The molecule has 1 unspecified atom stereocenters. The first-order chi connectivity index (χ1) is 8.06. The Kier molecular flexibility index (Phi) is 3.26. The van der Waals surface area contributed by atoms with E-state index in [-0.39, 0.29) is 11.6 Å². The van der Waals surface area contributed by atoms with E-state index in [0.29, 0.717) is 16.9 Å². The van der Waals surface area contributed by atoms with Gasteiger partial charge in [0.1, 0.15) is 5.52 Å². The smallest absolute Gasteiger partial charge is 0.184 e. The summed E-state index contributed by atoms with van der Waals surface area (Å²) in [6.07, 6.45) is 0. The van der Waals surface area contributed by atoms with Crippen LogP contribution in [0.3, 0.4) is 0 Å². The fourth-order valence-electron chi connectivity index (χ4n) is 1.89. The van der Waals surface area contributed by atoms with E-state index in [0.717, 1.165) is 6.07 Å². The molecule has 0 aliphatic rings. The van der Waals surface area contributed by atoms with Crippen molar-refractivity contribution < 1.29 is 13.5 Å². The normalized spacial score (nSPS) is 13.2. The van der Waals surface area contributed by atoms with Crippen molar-refractivity contribution in [3.8, 4) is 0 Å². The largest absolute Gasteiger partial charge is 0.383 e. The minimum atomic E-state index is -0.891. The molecule has 1 aromatic heterocycles. The van der Waals surface area contributed by atoms with Gasteiger partial charge in [-0.05, 0) is 31.3 Å². The van der Waals surface area contributed by atoms with Crippen LogP contribution in [0.1, 0.15) is 13.0 Å².